The highest BCUT2D eigenvalue weighted by atomic mass is 16.8. The minimum absolute atomic E-state index is 0.0336. The van der Waals surface area contributed by atoms with E-state index in [-0.39, 0.29) is 24.7 Å². The smallest absolute Gasteiger partial charge is 0.310 e. The quantitative estimate of drug-likeness (QED) is 0.637. The summed E-state index contributed by atoms with van der Waals surface area (Å²) < 4.78 is 5.12. The summed E-state index contributed by atoms with van der Waals surface area (Å²) in [6.07, 6.45) is 0.177. The van der Waals surface area contributed by atoms with Crippen molar-refractivity contribution in [2.24, 2.45) is 0 Å². The predicted molar refractivity (Wildman–Crippen MR) is 72.2 cm³/mol. The zero-order valence-electron chi connectivity index (χ0n) is 10.8. The molecule has 20 heavy (non-hydrogen) atoms. The van der Waals surface area contributed by atoms with Gasteiger partial charge in [-0.3, -0.25) is 4.79 Å². The molecule has 5 heteroatoms. The molecule has 0 radical (unpaired) electrons. The molecule has 0 aromatic heterocycles. The van der Waals surface area contributed by atoms with Gasteiger partial charge in [0.2, 0.25) is 0 Å². The van der Waals surface area contributed by atoms with E-state index < -0.39 is 5.23 Å². The van der Waals surface area contributed by atoms with Gasteiger partial charge in [-0.05, 0) is 11.6 Å². The van der Waals surface area contributed by atoms with Crippen LogP contribution in [0.1, 0.15) is 11.1 Å². The lowest BCUT2D eigenvalue weighted by atomic mass is 10.1. The Bertz CT molecular complexity index is 569. The van der Waals surface area contributed by atoms with E-state index in [1.807, 2.05) is 30.3 Å². The Hall–Kier alpha value is -2.21. The summed E-state index contributed by atoms with van der Waals surface area (Å²) >= 11 is 0. The number of carbonyl (C=O) groups excluding carboxylic acids is 1. The van der Waals surface area contributed by atoms with Gasteiger partial charge in [-0.1, -0.05) is 42.5 Å². The summed E-state index contributed by atoms with van der Waals surface area (Å²) in [4.78, 5) is 11.7. The second-order valence-corrected chi connectivity index (χ2v) is 4.29. The van der Waals surface area contributed by atoms with Crippen molar-refractivity contribution in [2.45, 2.75) is 13.0 Å². The molecular formula is C15H15NO4. The van der Waals surface area contributed by atoms with Crippen molar-refractivity contribution >= 4 is 11.7 Å². The number of rotatable bonds is 5. The lowest BCUT2D eigenvalue weighted by Gasteiger charge is -2.15. The highest BCUT2D eigenvalue weighted by Gasteiger charge is 2.11. The molecule has 1 atom stereocenters. The molecule has 0 amide bonds. The number of benzene rings is 2. The Morgan fingerprint density at radius 1 is 1.10 bits per heavy atom. The first-order chi connectivity index (χ1) is 9.66. The van der Waals surface area contributed by atoms with Gasteiger partial charge in [0, 0.05) is 6.07 Å². The molecule has 0 aliphatic heterocycles. The van der Waals surface area contributed by atoms with E-state index in [4.69, 9.17) is 9.94 Å². The van der Waals surface area contributed by atoms with Gasteiger partial charge in [0.15, 0.2) is 5.69 Å². The summed E-state index contributed by atoms with van der Waals surface area (Å²) in [6, 6.07) is 15.7. The van der Waals surface area contributed by atoms with Crippen molar-refractivity contribution in [3.8, 4) is 0 Å². The summed E-state index contributed by atoms with van der Waals surface area (Å²) in [5.74, 6) is -0.378. The Labute approximate surface area is 116 Å². The fraction of sp³-hybridized carbons (Fsp3) is 0.133. The van der Waals surface area contributed by atoms with E-state index in [1.165, 1.54) is 6.07 Å². The molecule has 0 aliphatic rings. The SMILES string of the molecule is O=C(Cc1ccccc1)OCc1ccccc1[NH+]([O-])O. The van der Waals surface area contributed by atoms with E-state index >= 15 is 0 Å². The molecule has 2 aromatic carbocycles. The molecule has 1 unspecified atom stereocenters. The van der Waals surface area contributed by atoms with Gasteiger partial charge in [0.1, 0.15) is 6.61 Å². The molecule has 0 heterocycles. The second kappa shape index (κ2) is 6.81. The maximum absolute atomic E-state index is 11.7. The molecule has 0 spiro atoms. The van der Waals surface area contributed by atoms with Crippen LogP contribution in [-0.4, -0.2) is 11.2 Å². The van der Waals surface area contributed by atoms with Crippen LogP contribution in [-0.2, 0) is 22.6 Å². The van der Waals surface area contributed by atoms with Crippen LogP contribution >= 0.6 is 0 Å². The number of quaternary nitrogens is 1. The van der Waals surface area contributed by atoms with Crippen molar-refractivity contribution in [1.82, 2.24) is 0 Å². The Morgan fingerprint density at radius 3 is 2.45 bits per heavy atom. The van der Waals surface area contributed by atoms with Gasteiger partial charge < -0.3 is 9.94 Å². The van der Waals surface area contributed by atoms with E-state index in [0.29, 0.717) is 5.56 Å². The largest absolute Gasteiger partial charge is 0.595 e. The Kier molecular flexibility index (Phi) is 4.84. The molecule has 2 N–H and O–H groups in total. The predicted octanol–water partition coefficient (Wildman–Crippen LogP) is 1.38. The fourth-order valence-electron chi connectivity index (χ4n) is 1.83. The van der Waals surface area contributed by atoms with Crippen LogP contribution in [0.2, 0.25) is 0 Å². The minimum Gasteiger partial charge on any atom is -0.595 e. The lowest BCUT2D eigenvalue weighted by molar-refractivity contribution is -0.991. The van der Waals surface area contributed by atoms with Crippen LogP contribution in [0.3, 0.4) is 0 Å². The van der Waals surface area contributed by atoms with Gasteiger partial charge in [-0.25, -0.2) is 5.21 Å². The molecule has 0 fully saturated rings. The van der Waals surface area contributed by atoms with Crippen LogP contribution < -0.4 is 5.23 Å². The molecule has 2 aromatic rings. The van der Waals surface area contributed by atoms with Gasteiger partial charge in [0.05, 0.1) is 12.0 Å². The molecule has 0 aliphatic carbocycles. The lowest BCUT2D eigenvalue weighted by Crippen LogP contribution is -2.99. The number of para-hydroxylation sites is 1. The number of hydrogen-bond donors (Lipinski definition) is 2. The zero-order valence-corrected chi connectivity index (χ0v) is 10.8. The highest BCUT2D eigenvalue weighted by Crippen LogP contribution is 2.12. The van der Waals surface area contributed by atoms with Crippen molar-refractivity contribution in [2.75, 3.05) is 0 Å². The van der Waals surface area contributed by atoms with Crippen molar-refractivity contribution < 1.29 is 20.0 Å². The molecule has 0 bridgehead atoms. The first-order valence-corrected chi connectivity index (χ1v) is 6.17. The summed E-state index contributed by atoms with van der Waals surface area (Å²) in [5.41, 5.74) is 1.51. The number of ether oxygens (including phenoxy) is 1. The zero-order chi connectivity index (χ0) is 14.4. The maximum atomic E-state index is 11.7. The molecule has 5 nitrogen and oxygen atoms in total. The van der Waals surface area contributed by atoms with E-state index in [1.54, 1.807) is 18.2 Å². The standard InChI is InChI=1S/C15H15NO4/c17-15(10-12-6-2-1-3-7-12)20-11-13-8-4-5-9-14(13)16(18)19/h1-9,16,18H,10-11H2. The van der Waals surface area contributed by atoms with Crippen LogP contribution in [0.5, 0.6) is 0 Å². The van der Waals surface area contributed by atoms with Crippen LogP contribution in [0.4, 0.5) is 5.69 Å². The third-order valence-electron chi connectivity index (χ3n) is 2.83. The van der Waals surface area contributed by atoms with Gasteiger partial charge in [-0.15, -0.1) is 0 Å². The Balaban J connectivity index is 1.94. The summed E-state index contributed by atoms with van der Waals surface area (Å²) in [5, 5.41) is 19.0. The first kappa shape index (κ1) is 14.2. The molecule has 0 saturated heterocycles. The number of carbonyl (C=O) groups is 1. The molecular weight excluding hydrogens is 258 g/mol. The van der Waals surface area contributed by atoms with Crippen molar-refractivity contribution in [3.05, 3.63) is 70.9 Å². The first-order valence-electron chi connectivity index (χ1n) is 6.17. The van der Waals surface area contributed by atoms with E-state index in [2.05, 4.69) is 0 Å². The summed E-state index contributed by atoms with van der Waals surface area (Å²) in [6.45, 7) is -0.0336. The average molecular weight is 273 g/mol. The van der Waals surface area contributed by atoms with E-state index in [0.717, 1.165) is 5.56 Å². The number of esters is 1. The number of nitrogens with one attached hydrogen (secondary N) is 1. The van der Waals surface area contributed by atoms with Crippen LogP contribution in [0.25, 0.3) is 0 Å². The highest BCUT2D eigenvalue weighted by molar-refractivity contribution is 5.72. The second-order valence-electron chi connectivity index (χ2n) is 4.29. The molecule has 2 rings (SSSR count). The van der Waals surface area contributed by atoms with Crippen LogP contribution in [0.15, 0.2) is 54.6 Å². The summed E-state index contributed by atoms with van der Waals surface area (Å²) in [7, 11) is 0. The van der Waals surface area contributed by atoms with Gasteiger partial charge in [-0.2, -0.15) is 5.23 Å². The number of hydrogen-bond acceptors (Lipinski definition) is 4. The van der Waals surface area contributed by atoms with Gasteiger partial charge >= 0.3 is 5.97 Å². The van der Waals surface area contributed by atoms with Gasteiger partial charge in [0.25, 0.3) is 0 Å². The maximum Gasteiger partial charge on any atom is 0.310 e. The molecule has 104 valence electrons. The Morgan fingerprint density at radius 2 is 1.75 bits per heavy atom. The molecule has 0 saturated carbocycles. The van der Waals surface area contributed by atoms with Crippen molar-refractivity contribution in [1.29, 1.82) is 0 Å². The fourth-order valence-corrected chi connectivity index (χ4v) is 1.83. The van der Waals surface area contributed by atoms with Crippen LogP contribution in [0, 0.1) is 5.21 Å². The van der Waals surface area contributed by atoms with Crippen molar-refractivity contribution in [3.63, 3.8) is 0 Å². The third-order valence-corrected chi connectivity index (χ3v) is 2.83. The average Bonchev–Trinajstić information content (AvgIpc) is 2.46. The van der Waals surface area contributed by atoms with E-state index in [9.17, 15) is 10.0 Å². The topological polar surface area (TPSA) is 74.0 Å². The normalized spacial score (nSPS) is 11.9. The third kappa shape index (κ3) is 3.89. The monoisotopic (exact) mass is 273 g/mol. The minimum atomic E-state index is -1.03.